The fraction of sp³-hybridized carbons (Fsp3) is 0.0690. The molecule has 10 rings (SSSR count). The van der Waals surface area contributed by atoms with Crippen LogP contribution in [0.1, 0.15) is 47.7 Å². The number of nitrogens with zero attached hydrogens (tertiary/aromatic N) is 3. The molecule has 2 heterocycles. The number of para-hydroxylation sites is 4. The van der Waals surface area contributed by atoms with E-state index in [0.717, 1.165) is 56.5 Å². The third-order valence-electron chi connectivity index (χ3n) is 11.7. The van der Waals surface area contributed by atoms with Gasteiger partial charge in [-0.3, -0.25) is 5.41 Å². The van der Waals surface area contributed by atoms with Crippen molar-refractivity contribution in [3.63, 3.8) is 0 Å². The summed E-state index contributed by atoms with van der Waals surface area (Å²) < 4.78 is 4.81. The second-order valence-corrected chi connectivity index (χ2v) is 15.9. The van der Waals surface area contributed by atoms with E-state index >= 15 is 0 Å². The Bertz CT molecular complexity index is 3120. The molecule has 0 spiro atoms. The summed E-state index contributed by atoms with van der Waals surface area (Å²) in [5.74, 6) is 1.11. The first-order valence-electron chi connectivity index (χ1n) is 21.5. The SMILES string of the molecule is C=C/C=C(\C)c1ccccc1[N+](=C1Cc2ccccc2N1c1cccc(C(=N)c2ccccc2)c1)c1cccc(-n2c3ccccc3c3ccccc32)c1.CC(N)c1ccccc1. The lowest BCUT2D eigenvalue weighted by Crippen LogP contribution is -2.31. The summed E-state index contributed by atoms with van der Waals surface area (Å²) in [4.78, 5) is 2.38. The highest BCUT2D eigenvalue weighted by molar-refractivity contribution is 6.15. The topological polar surface area (TPSA) is 61.0 Å². The zero-order valence-electron chi connectivity index (χ0n) is 35.7. The van der Waals surface area contributed by atoms with E-state index in [0.29, 0.717) is 12.1 Å². The molecule has 1 aromatic heterocycles. The standard InChI is InChI=1S/C50H39N4.C8H11N/c1-3-17-35(2)42-25-8-12-29-46(42)54(41-24-16-23-40(34-41)52-47-30-13-9-26-43(47)44-27-10-14-31-48(44)52)49-33-37-20-7-11-28-45(37)53(49)39-22-15-21-38(32-39)50(51)36-18-5-4-6-19-36;1-7(9)8-5-3-2-4-6-8/h3-32,34,51H,1,33H2,2H3;2-7H,9H2,1H3/q+1;/b35-17+,51-50?;. The molecular weight excluding hydrogens is 767 g/mol. The highest BCUT2D eigenvalue weighted by Gasteiger charge is 2.38. The number of anilines is 2. The molecule has 5 nitrogen and oxygen atoms in total. The van der Waals surface area contributed by atoms with E-state index in [2.05, 4.69) is 173 Å². The Morgan fingerprint density at radius 3 is 1.92 bits per heavy atom. The van der Waals surface area contributed by atoms with Crippen LogP contribution in [0.25, 0.3) is 33.1 Å². The third kappa shape index (κ3) is 8.06. The number of amidine groups is 1. The Kier molecular flexibility index (Phi) is 11.6. The van der Waals surface area contributed by atoms with Crippen molar-refractivity contribution in [3.8, 4) is 5.69 Å². The van der Waals surface area contributed by atoms with Crippen molar-refractivity contribution in [2.45, 2.75) is 26.3 Å². The van der Waals surface area contributed by atoms with Crippen LogP contribution < -0.4 is 15.2 Å². The summed E-state index contributed by atoms with van der Waals surface area (Å²) in [5.41, 5.74) is 20.3. The zero-order valence-corrected chi connectivity index (χ0v) is 35.7. The van der Waals surface area contributed by atoms with Crippen LogP contribution in [0.3, 0.4) is 0 Å². The lowest BCUT2D eigenvalue weighted by Gasteiger charge is -2.20. The molecule has 0 amide bonds. The maximum atomic E-state index is 9.16. The molecule has 8 aromatic carbocycles. The number of fused-ring (bicyclic) bond motifs is 4. The minimum absolute atomic E-state index is 0.159. The smallest absolute Gasteiger partial charge is 0.272 e. The Morgan fingerprint density at radius 2 is 1.22 bits per heavy atom. The molecule has 1 aliphatic heterocycles. The van der Waals surface area contributed by atoms with Gasteiger partial charge in [-0.25, -0.2) is 0 Å². The highest BCUT2D eigenvalue weighted by atomic mass is 15.3. The molecule has 3 N–H and O–H groups in total. The van der Waals surface area contributed by atoms with Gasteiger partial charge in [0.15, 0.2) is 0 Å². The fourth-order valence-electron chi connectivity index (χ4n) is 8.73. The fourth-order valence-corrected chi connectivity index (χ4v) is 8.73. The lowest BCUT2D eigenvalue weighted by atomic mass is 10.0. The van der Waals surface area contributed by atoms with Crippen molar-refractivity contribution in [2.75, 3.05) is 4.90 Å². The van der Waals surface area contributed by atoms with E-state index in [9.17, 15) is 0 Å². The molecule has 0 saturated carbocycles. The average molecular weight is 817 g/mol. The Labute approximate surface area is 370 Å². The summed E-state index contributed by atoms with van der Waals surface area (Å²) in [5, 5.41) is 11.6. The van der Waals surface area contributed by atoms with Crippen molar-refractivity contribution in [3.05, 3.63) is 253 Å². The van der Waals surface area contributed by atoms with Crippen LogP contribution in [-0.2, 0) is 6.42 Å². The molecule has 63 heavy (non-hydrogen) atoms. The van der Waals surface area contributed by atoms with Crippen molar-refractivity contribution in [1.82, 2.24) is 9.14 Å². The van der Waals surface area contributed by atoms with E-state index in [1.807, 2.05) is 79.7 Å². The van der Waals surface area contributed by atoms with E-state index in [-0.39, 0.29) is 6.04 Å². The molecule has 0 radical (unpaired) electrons. The zero-order chi connectivity index (χ0) is 43.3. The Balaban J connectivity index is 0.000000501. The molecule has 1 atom stereocenters. The molecule has 1 aliphatic rings. The van der Waals surface area contributed by atoms with Gasteiger partial charge < -0.3 is 10.3 Å². The van der Waals surface area contributed by atoms with Gasteiger partial charge in [-0.05, 0) is 79.1 Å². The quantitative estimate of drug-likeness (QED) is 0.0866. The van der Waals surface area contributed by atoms with Crippen LogP contribution in [0.15, 0.2) is 225 Å². The summed E-state index contributed by atoms with van der Waals surface area (Å²) in [6.45, 7) is 8.16. The van der Waals surface area contributed by atoms with Gasteiger partial charge in [-0.2, -0.15) is 9.48 Å². The van der Waals surface area contributed by atoms with Gasteiger partial charge in [0.25, 0.3) is 5.84 Å². The maximum Gasteiger partial charge on any atom is 0.272 e. The van der Waals surface area contributed by atoms with E-state index in [4.69, 9.17) is 11.1 Å². The molecule has 1 unspecified atom stereocenters. The second-order valence-electron chi connectivity index (χ2n) is 15.9. The number of hydrogen-bond donors (Lipinski definition) is 2. The summed E-state index contributed by atoms with van der Waals surface area (Å²) in [6, 6.07) is 72.2. The highest BCUT2D eigenvalue weighted by Crippen LogP contribution is 2.41. The summed E-state index contributed by atoms with van der Waals surface area (Å²) >= 11 is 0. The number of hydrogen-bond acceptors (Lipinski definition) is 2. The van der Waals surface area contributed by atoms with E-state index < -0.39 is 0 Å². The van der Waals surface area contributed by atoms with Crippen molar-refractivity contribution in [1.29, 1.82) is 5.41 Å². The number of aromatic nitrogens is 1. The molecule has 0 aliphatic carbocycles. The average Bonchev–Trinajstić information content (AvgIpc) is 3.89. The normalized spacial score (nSPS) is 13.6. The van der Waals surface area contributed by atoms with Gasteiger partial charge in [0.05, 0.1) is 28.9 Å². The molecule has 9 aromatic rings. The van der Waals surface area contributed by atoms with Crippen molar-refractivity contribution >= 4 is 61.7 Å². The minimum Gasteiger partial charge on any atom is -0.324 e. The number of allylic oxidation sites excluding steroid dienone is 3. The van der Waals surface area contributed by atoms with Gasteiger partial charge in [0.2, 0.25) is 0 Å². The van der Waals surface area contributed by atoms with Gasteiger partial charge in [0.1, 0.15) is 22.7 Å². The number of benzene rings is 8. The maximum absolute atomic E-state index is 9.16. The van der Waals surface area contributed by atoms with Crippen LogP contribution in [0.2, 0.25) is 0 Å². The first-order valence-corrected chi connectivity index (χ1v) is 21.5. The molecule has 5 heteroatoms. The van der Waals surface area contributed by atoms with Crippen molar-refractivity contribution in [2.24, 2.45) is 5.73 Å². The largest absolute Gasteiger partial charge is 0.324 e. The minimum atomic E-state index is 0.159. The van der Waals surface area contributed by atoms with Crippen LogP contribution in [0, 0.1) is 5.41 Å². The summed E-state index contributed by atoms with van der Waals surface area (Å²) in [6.07, 6.45) is 4.65. The number of nitrogens with two attached hydrogens (primary N) is 1. The molecule has 306 valence electrons. The molecule has 0 saturated heterocycles. The van der Waals surface area contributed by atoms with Crippen LogP contribution in [0.4, 0.5) is 22.7 Å². The van der Waals surface area contributed by atoms with Gasteiger partial charge in [-0.15, -0.1) is 0 Å². The number of nitrogens with one attached hydrogen (secondary N) is 1. The third-order valence-corrected chi connectivity index (χ3v) is 11.7. The second kappa shape index (κ2) is 18.0. The predicted octanol–water partition coefficient (Wildman–Crippen LogP) is 14.1. The molecule has 0 fully saturated rings. The van der Waals surface area contributed by atoms with Crippen LogP contribution in [0.5, 0.6) is 0 Å². The lowest BCUT2D eigenvalue weighted by molar-refractivity contribution is 0.818. The first kappa shape index (κ1) is 40.5. The van der Waals surface area contributed by atoms with Gasteiger partial charge in [0, 0.05) is 39.6 Å². The van der Waals surface area contributed by atoms with Crippen molar-refractivity contribution < 1.29 is 0 Å². The monoisotopic (exact) mass is 816 g/mol. The Hall–Kier alpha value is -7.86. The Morgan fingerprint density at radius 1 is 0.635 bits per heavy atom. The van der Waals surface area contributed by atoms with Gasteiger partial charge >= 0.3 is 0 Å². The number of rotatable bonds is 9. The summed E-state index contributed by atoms with van der Waals surface area (Å²) in [7, 11) is 0. The van der Waals surface area contributed by atoms with Gasteiger partial charge in [-0.1, -0.05) is 170 Å². The van der Waals surface area contributed by atoms with E-state index in [1.54, 1.807) is 0 Å². The molecular formula is C58H50N5+. The van der Waals surface area contributed by atoms with Crippen LogP contribution >= 0.6 is 0 Å². The predicted molar refractivity (Wildman–Crippen MR) is 268 cm³/mol. The molecule has 0 bridgehead atoms. The van der Waals surface area contributed by atoms with Crippen LogP contribution in [-0.4, -0.2) is 16.1 Å². The van der Waals surface area contributed by atoms with E-state index in [1.165, 1.54) is 32.9 Å². The first-order chi connectivity index (χ1) is 30.9.